The van der Waals surface area contributed by atoms with E-state index in [0.717, 1.165) is 62.6 Å². The Kier molecular flexibility index (Phi) is 5.56. The quantitative estimate of drug-likeness (QED) is 0.545. The van der Waals surface area contributed by atoms with Crippen LogP contribution in [-0.4, -0.2) is 71.0 Å². The molecule has 1 aromatic carbocycles. The van der Waals surface area contributed by atoms with Gasteiger partial charge in [-0.1, -0.05) is 6.07 Å². The number of nitrogens with zero attached hydrogens (tertiary/aromatic N) is 4. The van der Waals surface area contributed by atoms with E-state index >= 15 is 0 Å². The highest BCUT2D eigenvalue weighted by Gasteiger charge is 2.34. The van der Waals surface area contributed by atoms with Crippen LogP contribution in [0.1, 0.15) is 24.0 Å². The van der Waals surface area contributed by atoms with E-state index in [1.165, 1.54) is 16.5 Å². The number of aromatic nitrogens is 3. The summed E-state index contributed by atoms with van der Waals surface area (Å²) in [5.41, 5.74) is 5.22. The summed E-state index contributed by atoms with van der Waals surface area (Å²) < 4.78 is 13.2. The number of anilines is 3. The number of rotatable bonds is 3. The van der Waals surface area contributed by atoms with E-state index in [9.17, 15) is 4.79 Å². The molecule has 0 unspecified atom stereocenters. The number of pyridine rings is 1. The maximum absolute atomic E-state index is 13.0. The van der Waals surface area contributed by atoms with E-state index in [-0.39, 0.29) is 18.2 Å². The Morgan fingerprint density at radius 1 is 1.18 bits per heavy atom. The molecular weight excluding hydrogens is 434 g/mol. The van der Waals surface area contributed by atoms with Gasteiger partial charge in [0, 0.05) is 38.4 Å². The summed E-state index contributed by atoms with van der Waals surface area (Å²) >= 11 is 0. The maximum Gasteiger partial charge on any atom is 0.328 e. The van der Waals surface area contributed by atoms with E-state index in [4.69, 9.17) is 14.5 Å². The number of imidazole rings is 1. The largest absolute Gasteiger partial charge is 0.386 e. The Balaban J connectivity index is 1.40. The molecule has 10 nitrogen and oxygen atoms in total. The normalized spacial score (nSPS) is 22.9. The minimum atomic E-state index is -0.240. The van der Waals surface area contributed by atoms with Crippen LogP contribution in [0.15, 0.2) is 30.6 Å². The minimum Gasteiger partial charge on any atom is -0.386 e. The van der Waals surface area contributed by atoms with Crippen molar-refractivity contribution in [3.05, 3.63) is 41.7 Å². The molecule has 10 heteroatoms. The fourth-order valence-electron chi connectivity index (χ4n) is 4.83. The third-order valence-electron chi connectivity index (χ3n) is 6.81. The van der Waals surface area contributed by atoms with Gasteiger partial charge in [-0.25, -0.2) is 19.3 Å². The molecule has 4 heterocycles. The monoisotopic (exact) mass is 463 g/mol. The molecule has 1 saturated carbocycles. The van der Waals surface area contributed by atoms with Gasteiger partial charge in [-0.2, -0.15) is 0 Å². The van der Waals surface area contributed by atoms with Crippen LogP contribution in [0.5, 0.6) is 0 Å². The standard InChI is InChI=1S/C24H29N7O3/c1-25-19-11-21-27-17-9-15(12-30-4-6-33-7-5-30)8-16(10-17)13-34-20-3-2-18(20)28-24(32)31-14-26-22(19)23(31)29-21/h8-11,14,18,20H,2-7,12-13H2,1H3,(H,28,32)(H2,25,27,29)/t18-,20-/m1/s1. The second-order valence-corrected chi connectivity index (χ2v) is 9.13. The Labute approximate surface area is 197 Å². The lowest BCUT2D eigenvalue weighted by Gasteiger charge is -2.36. The van der Waals surface area contributed by atoms with Gasteiger partial charge in [-0.15, -0.1) is 0 Å². The van der Waals surface area contributed by atoms with Gasteiger partial charge < -0.3 is 25.4 Å². The molecule has 6 rings (SSSR count). The summed E-state index contributed by atoms with van der Waals surface area (Å²) in [6.45, 7) is 4.75. The molecule has 1 saturated heterocycles. The van der Waals surface area contributed by atoms with Crippen molar-refractivity contribution in [1.82, 2.24) is 24.8 Å². The summed E-state index contributed by atoms with van der Waals surface area (Å²) in [6.07, 6.45) is 3.35. The molecule has 0 radical (unpaired) electrons. The molecule has 178 valence electrons. The summed E-state index contributed by atoms with van der Waals surface area (Å²) in [7, 11) is 1.84. The number of ether oxygens (including phenoxy) is 2. The average Bonchev–Trinajstić information content (AvgIpc) is 3.25. The molecule has 4 bridgehead atoms. The zero-order valence-corrected chi connectivity index (χ0v) is 19.2. The zero-order chi connectivity index (χ0) is 23.1. The molecule has 2 fully saturated rings. The van der Waals surface area contributed by atoms with E-state index in [1.54, 1.807) is 0 Å². The van der Waals surface area contributed by atoms with Crippen molar-refractivity contribution in [2.24, 2.45) is 0 Å². The van der Waals surface area contributed by atoms with Crippen LogP contribution in [-0.2, 0) is 22.6 Å². The van der Waals surface area contributed by atoms with Crippen LogP contribution in [0.25, 0.3) is 11.2 Å². The topological polar surface area (TPSA) is 106 Å². The number of amides is 1. The minimum absolute atomic E-state index is 0.00243. The molecule has 2 aromatic heterocycles. The zero-order valence-electron chi connectivity index (χ0n) is 19.2. The summed E-state index contributed by atoms with van der Waals surface area (Å²) in [6, 6.07) is 8.14. The number of carbonyl (C=O) groups excluding carboxylic acids is 1. The number of benzene rings is 1. The molecule has 34 heavy (non-hydrogen) atoms. The average molecular weight is 464 g/mol. The third kappa shape index (κ3) is 4.08. The van der Waals surface area contributed by atoms with Crippen LogP contribution < -0.4 is 16.0 Å². The molecule has 3 aliphatic rings. The molecule has 1 aliphatic carbocycles. The first-order valence-electron chi connectivity index (χ1n) is 11.8. The highest BCUT2D eigenvalue weighted by Crippen LogP contribution is 2.30. The fraction of sp³-hybridized carbons (Fsp3) is 0.458. The molecular formula is C24H29N7O3. The molecule has 1 amide bonds. The van der Waals surface area contributed by atoms with Crippen molar-refractivity contribution >= 4 is 34.4 Å². The lowest BCUT2D eigenvalue weighted by Crippen LogP contribution is -2.52. The van der Waals surface area contributed by atoms with Crippen molar-refractivity contribution in [1.29, 1.82) is 0 Å². The van der Waals surface area contributed by atoms with Crippen LogP contribution in [0, 0.1) is 0 Å². The molecule has 2 atom stereocenters. The summed E-state index contributed by atoms with van der Waals surface area (Å²) in [5.74, 6) is 0.639. The molecule has 3 N–H and O–H groups in total. The second-order valence-electron chi connectivity index (χ2n) is 9.13. The predicted octanol–water partition coefficient (Wildman–Crippen LogP) is 2.67. The van der Waals surface area contributed by atoms with Crippen LogP contribution in [0.4, 0.5) is 22.0 Å². The SMILES string of the molecule is CNc1cc2nc3c1ncn3C(=O)N[C@@H]1CC[C@H]1OCc1cc(CN3CCOCC3)cc(c1)N2. The highest BCUT2D eigenvalue weighted by atomic mass is 16.5. The first-order valence-corrected chi connectivity index (χ1v) is 11.8. The van der Waals surface area contributed by atoms with E-state index in [2.05, 4.69) is 44.0 Å². The van der Waals surface area contributed by atoms with Gasteiger partial charge in [0.25, 0.3) is 0 Å². The second kappa shape index (κ2) is 8.86. The van der Waals surface area contributed by atoms with Crippen molar-refractivity contribution in [3.63, 3.8) is 0 Å². The summed E-state index contributed by atoms with van der Waals surface area (Å²) in [5, 5.41) is 9.73. The van der Waals surface area contributed by atoms with E-state index < -0.39 is 0 Å². The Morgan fingerprint density at radius 3 is 2.85 bits per heavy atom. The first kappa shape index (κ1) is 21.3. The van der Waals surface area contributed by atoms with Gasteiger partial charge in [0.1, 0.15) is 17.7 Å². The lowest BCUT2D eigenvalue weighted by atomic mass is 9.89. The van der Waals surface area contributed by atoms with Gasteiger partial charge in [0.05, 0.1) is 37.7 Å². The molecule has 3 aromatic rings. The Morgan fingerprint density at radius 2 is 2.06 bits per heavy atom. The number of carbonyl (C=O) groups is 1. The van der Waals surface area contributed by atoms with Crippen LogP contribution in [0.3, 0.4) is 0 Å². The number of morpholine rings is 1. The van der Waals surface area contributed by atoms with Gasteiger partial charge in [-0.05, 0) is 36.1 Å². The van der Waals surface area contributed by atoms with E-state index in [1.807, 2.05) is 13.1 Å². The highest BCUT2D eigenvalue weighted by molar-refractivity contribution is 5.94. The lowest BCUT2D eigenvalue weighted by molar-refractivity contribution is -0.0323. The molecule has 0 spiro atoms. The Hall–Kier alpha value is -3.21. The van der Waals surface area contributed by atoms with Crippen LogP contribution >= 0.6 is 0 Å². The van der Waals surface area contributed by atoms with E-state index in [0.29, 0.717) is 23.6 Å². The first-order chi connectivity index (χ1) is 16.7. The van der Waals surface area contributed by atoms with Gasteiger partial charge in [0.2, 0.25) is 0 Å². The number of hydrogen-bond acceptors (Lipinski definition) is 8. The molecule has 2 aliphatic heterocycles. The maximum atomic E-state index is 13.0. The smallest absolute Gasteiger partial charge is 0.328 e. The van der Waals surface area contributed by atoms with Gasteiger partial charge >= 0.3 is 6.03 Å². The predicted molar refractivity (Wildman–Crippen MR) is 128 cm³/mol. The van der Waals surface area contributed by atoms with Crippen molar-refractivity contribution in [2.45, 2.75) is 38.1 Å². The van der Waals surface area contributed by atoms with Crippen molar-refractivity contribution in [3.8, 4) is 0 Å². The summed E-state index contributed by atoms with van der Waals surface area (Å²) in [4.78, 5) is 24.6. The van der Waals surface area contributed by atoms with Gasteiger partial charge in [0.15, 0.2) is 5.65 Å². The number of hydrogen-bond donors (Lipinski definition) is 3. The number of nitrogens with one attached hydrogen (secondary N) is 3. The fourth-order valence-corrected chi connectivity index (χ4v) is 4.83. The van der Waals surface area contributed by atoms with Gasteiger partial charge in [-0.3, -0.25) is 4.90 Å². The van der Waals surface area contributed by atoms with Crippen LogP contribution in [0.2, 0.25) is 0 Å². The van der Waals surface area contributed by atoms with Crippen molar-refractivity contribution < 1.29 is 14.3 Å². The van der Waals surface area contributed by atoms with Crippen molar-refractivity contribution in [2.75, 3.05) is 44.0 Å². The number of fused-ring (bicyclic) bond motifs is 4. The Bertz CT molecular complexity index is 1220. The third-order valence-corrected chi connectivity index (χ3v) is 6.81.